The molecule has 11 heteroatoms. The zero-order chi connectivity index (χ0) is 21.5. The van der Waals surface area contributed by atoms with Gasteiger partial charge in [-0.3, -0.25) is 4.79 Å². The zero-order valence-electron chi connectivity index (χ0n) is 14.8. The molecule has 0 aliphatic rings. The van der Waals surface area contributed by atoms with Crippen LogP contribution in [0.3, 0.4) is 0 Å². The van der Waals surface area contributed by atoms with Gasteiger partial charge >= 0.3 is 6.18 Å². The van der Waals surface area contributed by atoms with E-state index in [4.69, 9.17) is 11.6 Å². The number of anilines is 1. The van der Waals surface area contributed by atoms with Crippen molar-refractivity contribution in [1.29, 1.82) is 0 Å². The number of carbonyl (C=O) groups is 1. The fourth-order valence-corrected chi connectivity index (χ4v) is 2.88. The summed E-state index contributed by atoms with van der Waals surface area (Å²) in [5, 5.41) is 6.48. The number of aromatic nitrogens is 4. The van der Waals surface area contributed by atoms with Gasteiger partial charge in [-0.25, -0.2) is 9.37 Å². The van der Waals surface area contributed by atoms with Crippen molar-refractivity contribution in [2.45, 2.75) is 6.18 Å². The average Bonchev–Trinajstić information content (AvgIpc) is 3.11. The van der Waals surface area contributed by atoms with Crippen molar-refractivity contribution < 1.29 is 22.4 Å². The number of hydrogen-bond acceptors (Lipinski definition) is 4. The summed E-state index contributed by atoms with van der Waals surface area (Å²) in [5.41, 5.74) is -0.704. The summed E-state index contributed by atoms with van der Waals surface area (Å²) in [6.45, 7) is 0. The van der Waals surface area contributed by atoms with Crippen LogP contribution in [0.2, 0.25) is 5.02 Å². The van der Waals surface area contributed by atoms with Crippen molar-refractivity contribution in [2.24, 2.45) is 0 Å². The molecule has 0 atom stereocenters. The van der Waals surface area contributed by atoms with Crippen LogP contribution >= 0.6 is 11.6 Å². The first-order valence-corrected chi connectivity index (χ1v) is 8.76. The van der Waals surface area contributed by atoms with Gasteiger partial charge in [0.05, 0.1) is 5.69 Å². The normalized spacial score (nSPS) is 11.6. The highest BCUT2D eigenvalue weighted by Crippen LogP contribution is 2.32. The molecule has 4 rings (SSSR count). The van der Waals surface area contributed by atoms with E-state index in [1.165, 1.54) is 18.2 Å². The van der Waals surface area contributed by atoms with Crippen LogP contribution < -0.4 is 5.32 Å². The number of benzene rings is 2. The Morgan fingerprint density at radius 1 is 1.03 bits per heavy atom. The highest BCUT2D eigenvalue weighted by atomic mass is 35.5. The third-order valence-corrected chi connectivity index (χ3v) is 4.26. The van der Waals surface area contributed by atoms with E-state index in [2.05, 4.69) is 20.4 Å². The fraction of sp³-hybridized carbons (Fsp3) is 0.0526. The quantitative estimate of drug-likeness (QED) is 0.467. The van der Waals surface area contributed by atoms with Gasteiger partial charge in [0.15, 0.2) is 5.69 Å². The lowest BCUT2D eigenvalue weighted by atomic mass is 10.1. The number of alkyl halides is 3. The van der Waals surface area contributed by atoms with Gasteiger partial charge in [-0.15, -0.1) is 5.10 Å². The molecule has 2 heterocycles. The smallest absolute Gasteiger partial charge is 0.319 e. The van der Waals surface area contributed by atoms with Gasteiger partial charge in [0, 0.05) is 16.3 Å². The SMILES string of the molecule is O=C(Nc1cccc(Cl)c1)c1nc2nc(-c3ccc(F)cc3)cc(C(F)(F)F)n2n1. The molecule has 0 bridgehead atoms. The van der Waals surface area contributed by atoms with Crippen LogP contribution in [0, 0.1) is 5.82 Å². The maximum atomic E-state index is 13.6. The van der Waals surface area contributed by atoms with E-state index in [0.29, 0.717) is 15.2 Å². The molecule has 6 nitrogen and oxygen atoms in total. The molecular weight excluding hydrogens is 426 g/mol. The Morgan fingerprint density at radius 3 is 2.43 bits per heavy atom. The molecule has 0 unspecified atom stereocenters. The third kappa shape index (κ3) is 3.94. The molecule has 1 amide bonds. The maximum absolute atomic E-state index is 13.6. The second-order valence-corrected chi connectivity index (χ2v) is 6.58. The number of fused-ring (bicyclic) bond motifs is 1. The summed E-state index contributed by atoms with van der Waals surface area (Å²) in [6, 6.07) is 11.7. The number of halogens is 5. The van der Waals surface area contributed by atoms with Crippen molar-refractivity contribution >= 4 is 29.0 Å². The van der Waals surface area contributed by atoms with Crippen LogP contribution in [-0.4, -0.2) is 25.5 Å². The lowest BCUT2D eigenvalue weighted by molar-refractivity contribution is -0.142. The van der Waals surface area contributed by atoms with E-state index < -0.39 is 35.2 Å². The molecule has 2 aromatic carbocycles. The number of nitrogens with one attached hydrogen (secondary N) is 1. The molecule has 0 fully saturated rings. The van der Waals surface area contributed by atoms with Crippen LogP contribution in [-0.2, 0) is 6.18 Å². The molecule has 0 saturated carbocycles. The highest BCUT2D eigenvalue weighted by molar-refractivity contribution is 6.30. The van der Waals surface area contributed by atoms with Crippen LogP contribution in [0.5, 0.6) is 0 Å². The molecule has 2 aromatic heterocycles. The first-order valence-electron chi connectivity index (χ1n) is 8.38. The summed E-state index contributed by atoms with van der Waals surface area (Å²) >= 11 is 5.85. The molecule has 30 heavy (non-hydrogen) atoms. The molecular formula is C19H10ClF4N5O. The zero-order valence-corrected chi connectivity index (χ0v) is 15.5. The average molecular weight is 436 g/mol. The number of amides is 1. The molecule has 1 N–H and O–H groups in total. The maximum Gasteiger partial charge on any atom is 0.433 e. The van der Waals surface area contributed by atoms with Gasteiger partial charge in [0.25, 0.3) is 11.7 Å². The number of nitrogens with zero attached hydrogens (tertiary/aromatic N) is 4. The topological polar surface area (TPSA) is 72.2 Å². The Morgan fingerprint density at radius 2 is 1.77 bits per heavy atom. The van der Waals surface area contributed by atoms with Crippen LogP contribution in [0.15, 0.2) is 54.6 Å². The number of carbonyl (C=O) groups excluding carboxylic acids is 1. The van der Waals surface area contributed by atoms with Crippen LogP contribution in [0.1, 0.15) is 16.3 Å². The fourth-order valence-electron chi connectivity index (χ4n) is 2.69. The minimum absolute atomic E-state index is 0.0935. The van der Waals surface area contributed by atoms with Gasteiger partial charge in [0.1, 0.15) is 5.82 Å². The Kier molecular flexibility index (Phi) is 4.86. The lowest BCUT2D eigenvalue weighted by Gasteiger charge is -2.10. The summed E-state index contributed by atoms with van der Waals surface area (Å²) in [6.07, 6.45) is -4.80. The lowest BCUT2D eigenvalue weighted by Crippen LogP contribution is -2.16. The Balaban J connectivity index is 1.78. The first-order chi connectivity index (χ1) is 14.2. The summed E-state index contributed by atoms with van der Waals surface area (Å²) < 4.78 is 54.3. The number of hydrogen-bond donors (Lipinski definition) is 1. The summed E-state index contributed by atoms with van der Waals surface area (Å²) in [7, 11) is 0. The molecule has 4 aromatic rings. The molecule has 0 spiro atoms. The standard InChI is InChI=1S/C19H10ClF4N5O/c20-11-2-1-3-13(8-11)25-17(30)16-27-18-26-14(10-4-6-12(21)7-5-10)9-15(19(22,23)24)29(18)28-16/h1-9H,(H,25,30). The monoisotopic (exact) mass is 435 g/mol. The van der Waals surface area contributed by atoms with E-state index in [1.807, 2.05) is 0 Å². The van der Waals surface area contributed by atoms with E-state index in [1.54, 1.807) is 18.2 Å². The van der Waals surface area contributed by atoms with Crippen molar-refractivity contribution in [1.82, 2.24) is 19.6 Å². The Hall–Kier alpha value is -3.53. The third-order valence-electron chi connectivity index (χ3n) is 4.03. The van der Waals surface area contributed by atoms with Gasteiger partial charge < -0.3 is 5.32 Å². The second-order valence-electron chi connectivity index (χ2n) is 6.14. The predicted molar refractivity (Wildman–Crippen MR) is 101 cm³/mol. The van der Waals surface area contributed by atoms with Gasteiger partial charge in [-0.05, 0) is 48.5 Å². The highest BCUT2D eigenvalue weighted by Gasteiger charge is 2.36. The van der Waals surface area contributed by atoms with Crippen LogP contribution in [0.4, 0.5) is 23.2 Å². The molecule has 0 aliphatic carbocycles. The minimum Gasteiger partial charge on any atom is -0.319 e. The van der Waals surface area contributed by atoms with Crippen LogP contribution in [0.25, 0.3) is 17.0 Å². The van der Waals surface area contributed by atoms with Crippen molar-refractivity contribution in [3.05, 3.63) is 77.0 Å². The van der Waals surface area contributed by atoms with E-state index in [-0.39, 0.29) is 11.3 Å². The molecule has 152 valence electrons. The van der Waals surface area contributed by atoms with Gasteiger partial charge in [-0.1, -0.05) is 17.7 Å². The summed E-state index contributed by atoms with van der Waals surface area (Å²) in [5.74, 6) is -2.32. The predicted octanol–water partition coefficient (Wildman–Crippen LogP) is 4.85. The summed E-state index contributed by atoms with van der Waals surface area (Å²) in [4.78, 5) is 20.3. The molecule has 0 aliphatic heterocycles. The second kappa shape index (κ2) is 7.38. The van der Waals surface area contributed by atoms with Crippen molar-refractivity contribution in [2.75, 3.05) is 5.32 Å². The number of rotatable bonds is 3. The van der Waals surface area contributed by atoms with Gasteiger partial charge in [-0.2, -0.15) is 22.7 Å². The Labute approximate surface area is 171 Å². The van der Waals surface area contributed by atoms with Gasteiger partial charge in [0.2, 0.25) is 5.82 Å². The molecule has 0 radical (unpaired) electrons. The van der Waals surface area contributed by atoms with E-state index >= 15 is 0 Å². The van der Waals surface area contributed by atoms with E-state index in [0.717, 1.165) is 18.2 Å². The van der Waals surface area contributed by atoms with E-state index in [9.17, 15) is 22.4 Å². The minimum atomic E-state index is -4.80. The first kappa shape index (κ1) is 19.8. The van der Waals surface area contributed by atoms with Crippen molar-refractivity contribution in [3.8, 4) is 11.3 Å². The Bertz CT molecular complexity index is 1250. The molecule has 0 saturated heterocycles. The van der Waals surface area contributed by atoms with Crippen molar-refractivity contribution in [3.63, 3.8) is 0 Å². The largest absolute Gasteiger partial charge is 0.433 e.